The molecule has 0 bridgehead atoms. The largest absolute Gasteiger partial charge is 0.493 e. The summed E-state index contributed by atoms with van der Waals surface area (Å²) >= 11 is 0. The van der Waals surface area contributed by atoms with Gasteiger partial charge in [-0.05, 0) is 25.8 Å². The van der Waals surface area contributed by atoms with Crippen molar-refractivity contribution in [3.63, 3.8) is 0 Å². The molecule has 3 N–H and O–H groups in total. The van der Waals surface area contributed by atoms with E-state index in [1.54, 1.807) is 28.3 Å². The third-order valence-electron chi connectivity index (χ3n) is 3.75. The van der Waals surface area contributed by atoms with Gasteiger partial charge in [0.25, 0.3) is 0 Å². The van der Waals surface area contributed by atoms with Gasteiger partial charge in [0.05, 0.1) is 26.9 Å². The Hall–Kier alpha value is -1.66. The Kier molecular flexibility index (Phi) is 9.55. The number of rotatable bonds is 9. The van der Waals surface area contributed by atoms with Crippen LogP contribution in [0.2, 0.25) is 0 Å². The highest BCUT2D eigenvalue weighted by Crippen LogP contribution is 2.39. The van der Waals surface area contributed by atoms with Crippen LogP contribution in [-0.2, 0) is 11.2 Å². The highest BCUT2D eigenvalue weighted by atomic mass is 35.5. The Morgan fingerprint density at radius 1 is 1.17 bits per heavy atom. The molecule has 1 amide bonds. The maximum atomic E-state index is 12.1. The molecule has 0 saturated carbocycles. The fourth-order valence-electron chi connectivity index (χ4n) is 2.51. The van der Waals surface area contributed by atoms with Crippen molar-refractivity contribution in [1.82, 2.24) is 5.32 Å². The molecule has 0 radical (unpaired) electrons. The molecule has 0 saturated heterocycles. The van der Waals surface area contributed by atoms with Gasteiger partial charge >= 0.3 is 0 Å². The minimum Gasteiger partial charge on any atom is -0.493 e. The summed E-state index contributed by atoms with van der Waals surface area (Å²) in [6, 6.07) is 3.72. The van der Waals surface area contributed by atoms with Gasteiger partial charge in [0, 0.05) is 12.1 Å². The Labute approximate surface area is 150 Å². The van der Waals surface area contributed by atoms with Gasteiger partial charge in [-0.3, -0.25) is 4.79 Å². The Bertz CT molecular complexity index is 536. The maximum Gasteiger partial charge on any atom is 0.239 e. The molecule has 1 rings (SSSR count). The zero-order valence-corrected chi connectivity index (χ0v) is 15.9. The van der Waals surface area contributed by atoms with E-state index in [0.29, 0.717) is 36.6 Å². The summed E-state index contributed by atoms with van der Waals surface area (Å²) in [5.74, 6) is 1.63. The first kappa shape index (κ1) is 22.3. The summed E-state index contributed by atoms with van der Waals surface area (Å²) in [5, 5.41) is 2.88. The van der Waals surface area contributed by atoms with Gasteiger partial charge in [-0.1, -0.05) is 19.4 Å². The second-order valence-corrected chi connectivity index (χ2v) is 5.67. The summed E-state index contributed by atoms with van der Waals surface area (Å²) in [6.07, 6.45) is 2.12. The third kappa shape index (κ3) is 5.46. The first-order valence-electron chi connectivity index (χ1n) is 7.76. The standard InChI is InChI=1S/C17H28N2O4.ClH/c1-6-10-17(2,18)16(20)19-11-9-12-7-8-13(21-3)15(23-5)14(12)22-4;/h7-8H,6,9-11,18H2,1-5H3,(H,19,20);1H. The predicted octanol–water partition coefficient (Wildman–Crippen LogP) is 2.31. The first-order chi connectivity index (χ1) is 10.9. The maximum absolute atomic E-state index is 12.1. The van der Waals surface area contributed by atoms with Gasteiger partial charge in [0.1, 0.15) is 0 Å². The summed E-state index contributed by atoms with van der Waals surface area (Å²) in [5.41, 5.74) is 6.11. The molecule has 0 aliphatic heterocycles. The summed E-state index contributed by atoms with van der Waals surface area (Å²) < 4.78 is 16.0. The molecule has 0 spiro atoms. The smallest absolute Gasteiger partial charge is 0.239 e. The highest BCUT2D eigenvalue weighted by Gasteiger charge is 2.26. The lowest BCUT2D eigenvalue weighted by molar-refractivity contribution is -0.126. The van der Waals surface area contributed by atoms with Crippen molar-refractivity contribution in [1.29, 1.82) is 0 Å². The van der Waals surface area contributed by atoms with Crippen LogP contribution in [0.15, 0.2) is 12.1 Å². The van der Waals surface area contributed by atoms with Crippen molar-refractivity contribution < 1.29 is 19.0 Å². The number of halogens is 1. The van der Waals surface area contributed by atoms with Crippen LogP contribution in [0.25, 0.3) is 0 Å². The fourth-order valence-corrected chi connectivity index (χ4v) is 2.51. The number of nitrogens with two attached hydrogens (primary N) is 1. The van der Waals surface area contributed by atoms with Gasteiger partial charge in [0.2, 0.25) is 11.7 Å². The molecule has 0 aromatic heterocycles. The summed E-state index contributed by atoms with van der Waals surface area (Å²) in [4.78, 5) is 12.1. The topological polar surface area (TPSA) is 82.8 Å². The van der Waals surface area contributed by atoms with Crippen molar-refractivity contribution in [3.05, 3.63) is 17.7 Å². The molecule has 1 unspecified atom stereocenters. The molecule has 1 aromatic rings. The van der Waals surface area contributed by atoms with Crippen molar-refractivity contribution in [2.45, 2.75) is 38.6 Å². The number of nitrogens with one attached hydrogen (secondary N) is 1. The molecule has 0 aliphatic rings. The Morgan fingerprint density at radius 2 is 1.79 bits per heavy atom. The number of ether oxygens (including phenoxy) is 3. The lowest BCUT2D eigenvalue weighted by Gasteiger charge is -2.23. The zero-order valence-electron chi connectivity index (χ0n) is 15.1. The van der Waals surface area contributed by atoms with Crippen molar-refractivity contribution in [2.75, 3.05) is 27.9 Å². The van der Waals surface area contributed by atoms with Crippen LogP contribution >= 0.6 is 12.4 Å². The second kappa shape index (κ2) is 10.3. The lowest BCUT2D eigenvalue weighted by Crippen LogP contribution is -2.51. The summed E-state index contributed by atoms with van der Waals surface area (Å²) in [7, 11) is 4.72. The van der Waals surface area contributed by atoms with E-state index in [1.165, 1.54) is 0 Å². The lowest BCUT2D eigenvalue weighted by atomic mass is 9.96. The quantitative estimate of drug-likeness (QED) is 0.706. The Balaban J connectivity index is 0.00000529. The first-order valence-corrected chi connectivity index (χ1v) is 7.76. The fraction of sp³-hybridized carbons (Fsp3) is 0.588. The molecule has 1 atom stereocenters. The van der Waals surface area contributed by atoms with E-state index < -0.39 is 5.54 Å². The van der Waals surface area contributed by atoms with Crippen LogP contribution in [0, 0.1) is 0 Å². The molecule has 24 heavy (non-hydrogen) atoms. The van der Waals surface area contributed by atoms with Gasteiger partial charge in [-0.2, -0.15) is 0 Å². The monoisotopic (exact) mass is 360 g/mol. The van der Waals surface area contributed by atoms with E-state index >= 15 is 0 Å². The van der Waals surface area contributed by atoms with E-state index in [0.717, 1.165) is 12.0 Å². The van der Waals surface area contributed by atoms with Crippen molar-refractivity contribution in [2.24, 2.45) is 5.73 Å². The van der Waals surface area contributed by atoms with E-state index in [2.05, 4.69) is 5.32 Å². The number of carbonyl (C=O) groups is 1. The molecule has 1 aromatic carbocycles. The van der Waals surface area contributed by atoms with Gasteiger partial charge < -0.3 is 25.3 Å². The number of hydrogen-bond acceptors (Lipinski definition) is 5. The van der Waals surface area contributed by atoms with Gasteiger partial charge in [-0.15, -0.1) is 12.4 Å². The average Bonchev–Trinajstić information content (AvgIpc) is 2.53. The van der Waals surface area contributed by atoms with Crippen LogP contribution < -0.4 is 25.3 Å². The molecule has 0 fully saturated rings. The minimum atomic E-state index is -0.837. The average molecular weight is 361 g/mol. The molecular weight excluding hydrogens is 332 g/mol. The van der Waals surface area contributed by atoms with E-state index in [-0.39, 0.29) is 18.3 Å². The Morgan fingerprint density at radius 3 is 2.29 bits per heavy atom. The highest BCUT2D eigenvalue weighted by molar-refractivity contribution is 5.85. The third-order valence-corrected chi connectivity index (χ3v) is 3.75. The van der Waals surface area contributed by atoms with E-state index in [4.69, 9.17) is 19.9 Å². The number of benzene rings is 1. The number of carbonyl (C=O) groups excluding carboxylic acids is 1. The van der Waals surface area contributed by atoms with Crippen molar-refractivity contribution in [3.8, 4) is 17.2 Å². The second-order valence-electron chi connectivity index (χ2n) is 5.67. The normalized spacial score (nSPS) is 12.6. The molecular formula is C17H29ClN2O4. The molecule has 0 heterocycles. The zero-order chi connectivity index (χ0) is 17.5. The molecule has 7 heteroatoms. The minimum absolute atomic E-state index is 0. The number of methoxy groups -OCH3 is 3. The van der Waals surface area contributed by atoms with E-state index in [9.17, 15) is 4.79 Å². The van der Waals surface area contributed by atoms with Crippen LogP contribution in [0.1, 0.15) is 32.3 Å². The van der Waals surface area contributed by atoms with Crippen LogP contribution in [-0.4, -0.2) is 39.3 Å². The van der Waals surface area contributed by atoms with Crippen LogP contribution in [0.3, 0.4) is 0 Å². The van der Waals surface area contributed by atoms with Crippen molar-refractivity contribution >= 4 is 18.3 Å². The van der Waals surface area contributed by atoms with Crippen LogP contribution in [0.5, 0.6) is 17.2 Å². The van der Waals surface area contributed by atoms with Gasteiger partial charge in [-0.25, -0.2) is 0 Å². The SMILES string of the molecule is CCCC(C)(N)C(=O)NCCc1ccc(OC)c(OC)c1OC.Cl. The van der Waals surface area contributed by atoms with Crippen LogP contribution in [0.4, 0.5) is 0 Å². The van der Waals surface area contributed by atoms with Gasteiger partial charge in [0.15, 0.2) is 11.5 Å². The summed E-state index contributed by atoms with van der Waals surface area (Å²) in [6.45, 7) is 4.23. The number of hydrogen-bond donors (Lipinski definition) is 2. The molecule has 6 nitrogen and oxygen atoms in total. The molecule has 138 valence electrons. The number of amides is 1. The predicted molar refractivity (Wildman–Crippen MR) is 97.6 cm³/mol. The van der Waals surface area contributed by atoms with E-state index in [1.807, 2.05) is 19.1 Å². The molecule has 0 aliphatic carbocycles.